The minimum Gasteiger partial charge on any atom is -0.338 e. The van der Waals surface area contributed by atoms with Crippen molar-refractivity contribution in [1.29, 1.82) is 0 Å². The van der Waals surface area contributed by atoms with Crippen LogP contribution in [0.4, 0.5) is 0 Å². The van der Waals surface area contributed by atoms with Gasteiger partial charge in [0.2, 0.25) is 5.89 Å². The van der Waals surface area contributed by atoms with Gasteiger partial charge in [-0.15, -0.1) is 12.4 Å². The van der Waals surface area contributed by atoms with Crippen LogP contribution in [0.3, 0.4) is 0 Å². The summed E-state index contributed by atoms with van der Waals surface area (Å²) in [6.45, 7) is 1.79. The summed E-state index contributed by atoms with van der Waals surface area (Å²) in [4.78, 5) is 3.71. The summed E-state index contributed by atoms with van der Waals surface area (Å²) < 4.78 is 4.61. The van der Waals surface area contributed by atoms with Gasteiger partial charge in [0.1, 0.15) is 0 Å². The first-order valence-corrected chi connectivity index (χ1v) is 2.33. The Hall–Kier alpha value is -0.610. The van der Waals surface area contributed by atoms with Crippen molar-refractivity contribution in [3.8, 4) is 0 Å². The van der Waals surface area contributed by atoms with Crippen LogP contribution in [-0.2, 0) is 0 Å². The van der Waals surface area contributed by atoms with Crippen molar-refractivity contribution in [2.45, 2.75) is 13.0 Å². The summed E-state index contributed by atoms with van der Waals surface area (Å²) in [5.41, 5.74) is 5.36. The van der Waals surface area contributed by atoms with Gasteiger partial charge in [0.25, 0.3) is 0 Å². The van der Waals surface area contributed by atoms with Gasteiger partial charge in [-0.2, -0.15) is 4.98 Å². The predicted molar refractivity (Wildman–Crippen MR) is 34.1 cm³/mol. The normalized spacial score (nSPS) is 12.2. The molecule has 0 aromatic carbocycles. The molecule has 0 aliphatic rings. The fourth-order valence-corrected chi connectivity index (χ4v) is 0.382. The average molecular weight is 150 g/mol. The highest BCUT2D eigenvalue weighted by Crippen LogP contribution is 2.00. The molecule has 1 aromatic rings. The summed E-state index contributed by atoms with van der Waals surface area (Å²) in [5, 5.41) is 3.38. The van der Waals surface area contributed by atoms with Crippen LogP contribution in [-0.4, -0.2) is 10.1 Å². The highest BCUT2D eigenvalue weighted by molar-refractivity contribution is 5.85. The molecule has 1 rings (SSSR count). The zero-order valence-corrected chi connectivity index (χ0v) is 5.76. The Morgan fingerprint density at radius 2 is 2.44 bits per heavy atom. The van der Waals surface area contributed by atoms with Gasteiger partial charge in [-0.25, -0.2) is 0 Å². The number of hydrogen-bond acceptors (Lipinski definition) is 4. The molecule has 4 nitrogen and oxygen atoms in total. The lowest BCUT2D eigenvalue weighted by Crippen LogP contribution is -2.04. The standard InChI is InChI=1S/C4H7N3O.ClH/c1-3(5)4-6-2-7-8-4;/h2-3H,5H2,1H3;1H. The molecule has 0 radical (unpaired) electrons. The number of halogens is 1. The molecule has 0 amide bonds. The highest BCUT2D eigenvalue weighted by Gasteiger charge is 2.02. The third-order valence-electron chi connectivity index (χ3n) is 0.768. The fourth-order valence-electron chi connectivity index (χ4n) is 0.382. The predicted octanol–water partition coefficient (Wildman–Crippen LogP) is 0.511. The molecule has 0 fully saturated rings. The van der Waals surface area contributed by atoms with E-state index in [4.69, 9.17) is 5.73 Å². The van der Waals surface area contributed by atoms with Crippen LogP contribution in [0.25, 0.3) is 0 Å². The van der Waals surface area contributed by atoms with Crippen LogP contribution < -0.4 is 5.73 Å². The van der Waals surface area contributed by atoms with Gasteiger partial charge in [-0.05, 0) is 6.92 Å². The summed E-state index contributed by atoms with van der Waals surface area (Å²) in [7, 11) is 0. The van der Waals surface area contributed by atoms with E-state index in [9.17, 15) is 0 Å². The second-order valence-corrected chi connectivity index (χ2v) is 1.57. The van der Waals surface area contributed by atoms with Crippen molar-refractivity contribution < 1.29 is 4.52 Å². The van der Waals surface area contributed by atoms with Gasteiger partial charge < -0.3 is 10.3 Å². The summed E-state index contributed by atoms with van der Waals surface area (Å²) in [6, 6.07) is -0.155. The van der Waals surface area contributed by atoms with Gasteiger partial charge in [0.15, 0.2) is 6.33 Å². The van der Waals surface area contributed by atoms with Crippen molar-refractivity contribution in [1.82, 2.24) is 10.1 Å². The van der Waals surface area contributed by atoms with E-state index in [0.29, 0.717) is 5.89 Å². The van der Waals surface area contributed by atoms with E-state index >= 15 is 0 Å². The monoisotopic (exact) mass is 149 g/mol. The molecule has 52 valence electrons. The van der Waals surface area contributed by atoms with Crippen LogP contribution in [0.1, 0.15) is 18.9 Å². The minimum atomic E-state index is -0.155. The fraction of sp³-hybridized carbons (Fsp3) is 0.500. The lowest BCUT2D eigenvalue weighted by atomic mass is 10.4. The van der Waals surface area contributed by atoms with E-state index < -0.39 is 0 Å². The van der Waals surface area contributed by atoms with Crippen LogP contribution in [0.5, 0.6) is 0 Å². The van der Waals surface area contributed by atoms with Crippen molar-refractivity contribution in [3.63, 3.8) is 0 Å². The van der Waals surface area contributed by atoms with Crippen LogP contribution in [0.15, 0.2) is 10.9 Å². The SMILES string of the molecule is CC(N)c1ncno1.Cl. The molecule has 0 bridgehead atoms. The van der Waals surface area contributed by atoms with Crippen molar-refractivity contribution in [2.75, 3.05) is 0 Å². The maximum Gasteiger partial charge on any atom is 0.242 e. The van der Waals surface area contributed by atoms with Gasteiger partial charge in [-0.3, -0.25) is 0 Å². The van der Waals surface area contributed by atoms with Gasteiger partial charge >= 0.3 is 0 Å². The Bertz CT molecular complexity index is 151. The lowest BCUT2D eigenvalue weighted by molar-refractivity contribution is 0.361. The Morgan fingerprint density at radius 3 is 2.67 bits per heavy atom. The molecule has 1 atom stereocenters. The zero-order valence-electron chi connectivity index (χ0n) is 4.94. The number of nitrogens with two attached hydrogens (primary N) is 1. The van der Waals surface area contributed by atoms with E-state index in [2.05, 4.69) is 14.7 Å². The first kappa shape index (κ1) is 8.39. The van der Waals surface area contributed by atoms with E-state index in [-0.39, 0.29) is 18.4 Å². The molecule has 0 saturated heterocycles. The summed E-state index contributed by atoms with van der Waals surface area (Å²) in [6.07, 6.45) is 1.33. The quantitative estimate of drug-likeness (QED) is 0.632. The highest BCUT2D eigenvalue weighted by atomic mass is 35.5. The topological polar surface area (TPSA) is 64.9 Å². The molecule has 1 aromatic heterocycles. The molecule has 0 spiro atoms. The Kier molecular flexibility index (Phi) is 3.19. The molecular weight excluding hydrogens is 142 g/mol. The number of rotatable bonds is 1. The third kappa shape index (κ3) is 1.99. The average Bonchev–Trinajstić information content (AvgIpc) is 2.12. The van der Waals surface area contributed by atoms with E-state index in [1.807, 2.05) is 0 Å². The summed E-state index contributed by atoms with van der Waals surface area (Å²) in [5.74, 6) is 0.477. The van der Waals surface area contributed by atoms with E-state index in [1.54, 1.807) is 6.92 Å². The molecule has 5 heteroatoms. The molecule has 2 N–H and O–H groups in total. The van der Waals surface area contributed by atoms with E-state index in [0.717, 1.165) is 0 Å². The Balaban J connectivity index is 0.000000640. The largest absolute Gasteiger partial charge is 0.338 e. The Morgan fingerprint density at radius 1 is 1.78 bits per heavy atom. The van der Waals surface area contributed by atoms with Crippen molar-refractivity contribution in [3.05, 3.63) is 12.2 Å². The maximum atomic E-state index is 5.36. The van der Waals surface area contributed by atoms with Crippen LogP contribution in [0.2, 0.25) is 0 Å². The van der Waals surface area contributed by atoms with E-state index in [1.165, 1.54) is 6.33 Å². The number of hydrogen-bond donors (Lipinski definition) is 1. The molecule has 1 heterocycles. The molecule has 0 aliphatic heterocycles. The first-order chi connectivity index (χ1) is 3.80. The third-order valence-corrected chi connectivity index (χ3v) is 0.768. The first-order valence-electron chi connectivity index (χ1n) is 2.33. The second-order valence-electron chi connectivity index (χ2n) is 1.57. The van der Waals surface area contributed by atoms with Crippen molar-refractivity contribution >= 4 is 12.4 Å². The van der Waals surface area contributed by atoms with Crippen LogP contribution >= 0.6 is 12.4 Å². The van der Waals surface area contributed by atoms with Crippen LogP contribution in [0, 0.1) is 0 Å². The molecule has 1 unspecified atom stereocenters. The minimum absolute atomic E-state index is 0. The molecular formula is C4H8ClN3O. The van der Waals surface area contributed by atoms with Gasteiger partial charge in [0, 0.05) is 0 Å². The number of aromatic nitrogens is 2. The smallest absolute Gasteiger partial charge is 0.242 e. The van der Waals surface area contributed by atoms with Gasteiger partial charge in [-0.1, -0.05) is 5.16 Å². The number of nitrogens with zero attached hydrogens (tertiary/aromatic N) is 2. The zero-order chi connectivity index (χ0) is 5.98. The van der Waals surface area contributed by atoms with Crippen molar-refractivity contribution in [2.24, 2.45) is 5.73 Å². The molecule has 0 aliphatic carbocycles. The second kappa shape index (κ2) is 3.42. The summed E-state index contributed by atoms with van der Waals surface area (Å²) >= 11 is 0. The molecule has 0 saturated carbocycles. The lowest BCUT2D eigenvalue weighted by Gasteiger charge is -1.91. The molecule has 9 heavy (non-hydrogen) atoms. The Labute approximate surface area is 58.8 Å². The maximum absolute atomic E-state index is 5.36. The van der Waals surface area contributed by atoms with Gasteiger partial charge in [0.05, 0.1) is 6.04 Å².